The lowest BCUT2D eigenvalue weighted by atomic mass is 9.93. The molecule has 0 aromatic heterocycles. The van der Waals surface area contributed by atoms with Gasteiger partial charge in [-0.25, -0.2) is 0 Å². The van der Waals surface area contributed by atoms with Crippen molar-refractivity contribution in [1.29, 1.82) is 0 Å². The van der Waals surface area contributed by atoms with E-state index in [1.807, 2.05) is 0 Å². The molecule has 0 unspecified atom stereocenters. The van der Waals surface area contributed by atoms with Gasteiger partial charge < -0.3 is 4.90 Å². The number of rotatable bonds is 7. The van der Waals surface area contributed by atoms with Crippen LogP contribution in [0, 0.1) is 6.92 Å². The Kier molecular flexibility index (Phi) is 7.64. The molecule has 8 aromatic carbocycles. The molecule has 0 amide bonds. The minimum absolute atomic E-state index is 0.974. The van der Waals surface area contributed by atoms with Gasteiger partial charge in [-0.2, -0.15) is 0 Å². The summed E-state index contributed by atoms with van der Waals surface area (Å²) in [5.74, 6) is 0. The third-order valence-electron chi connectivity index (χ3n) is 9.35. The number of hydrogen-bond donors (Lipinski definition) is 0. The highest BCUT2D eigenvalue weighted by atomic mass is 15.1. The summed E-state index contributed by atoms with van der Waals surface area (Å²) in [5, 5.41) is 7.69. The van der Waals surface area contributed by atoms with Crippen LogP contribution in [0.2, 0.25) is 0 Å². The highest BCUT2D eigenvalue weighted by molar-refractivity contribution is 6.17. The van der Waals surface area contributed by atoms with Crippen molar-refractivity contribution in [2.45, 2.75) is 6.92 Å². The number of hydrogen-bond acceptors (Lipinski definition) is 1. The van der Waals surface area contributed by atoms with Gasteiger partial charge in [-0.1, -0.05) is 140 Å². The van der Waals surface area contributed by atoms with Crippen LogP contribution < -0.4 is 4.90 Å². The summed E-state index contributed by atoms with van der Waals surface area (Å²) in [7, 11) is 0. The highest BCUT2D eigenvalue weighted by Crippen LogP contribution is 2.36. The SMILES string of the molecule is C=C(/C=C\c1cc(-c2ccc3ccc4c5ccccc5ccc4c3c2)ccc1C)c1ccc(N(c2ccccc2)c2ccccc2)cc1. The molecule has 0 bridgehead atoms. The molecule has 0 saturated heterocycles. The summed E-state index contributed by atoms with van der Waals surface area (Å²) in [4.78, 5) is 2.27. The van der Waals surface area contributed by atoms with E-state index in [1.165, 1.54) is 54.6 Å². The van der Waals surface area contributed by atoms with Crippen LogP contribution >= 0.6 is 0 Å². The normalized spacial score (nSPS) is 11.4. The van der Waals surface area contributed by atoms with E-state index in [1.54, 1.807) is 0 Å². The lowest BCUT2D eigenvalue weighted by molar-refractivity contribution is 1.28. The fourth-order valence-corrected chi connectivity index (χ4v) is 6.71. The van der Waals surface area contributed by atoms with E-state index in [0.29, 0.717) is 0 Å². The summed E-state index contributed by atoms with van der Waals surface area (Å²) >= 11 is 0. The smallest absolute Gasteiger partial charge is 0.0462 e. The van der Waals surface area contributed by atoms with Crippen LogP contribution in [0.15, 0.2) is 183 Å². The zero-order valence-electron chi connectivity index (χ0n) is 27.0. The van der Waals surface area contributed by atoms with Gasteiger partial charge in [-0.3, -0.25) is 0 Å². The van der Waals surface area contributed by atoms with Crippen molar-refractivity contribution in [3.05, 3.63) is 199 Å². The zero-order valence-corrected chi connectivity index (χ0v) is 27.0. The first-order chi connectivity index (χ1) is 23.6. The number of anilines is 3. The van der Waals surface area contributed by atoms with Crippen LogP contribution in [0.5, 0.6) is 0 Å². The number of allylic oxidation sites excluding steroid dienone is 2. The maximum atomic E-state index is 4.43. The van der Waals surface area contributed by atoms with Crippen molar-refractivity contribution in [1.82, 2.24) is 0 Å². The van der Waals surface area contributed by atoms with Crippen LogP contribution in [0.3, 0.4) is 0 Å². The van der Waals surface area contributed by atoms with Gasteiger partial charge in [-0.05, 0) is 121 Å². The third kappa shape index (κ3) is 5.57. The lowest BCUT2D eigenvalue weighted by Crippen LogP contribution is -2.09. The maximum Gasteiger partial charge on any atom is 0.0462 e. The Bertz CT molecular complexity index is 2410. The minimum Gasteiger partial charge on any atom is -0.311 e. The second kappa shape index (κ2) is 12.5. The predicted molar refractivity (Wildman–Crippen MR) is 208 cm³/mol. The minimum atomic E-state index is 0.974. The third-order valence-corrected chi connectivity index (χ3v) is 9.35. The molecule has 0 aliphatic carbocycles. The number of aryl methyl sites for hydroxylation is 1. The number of fused-ring (bicyclic) bond motifs is 5. The summed E-state index contributed by atoms with van der Waals surface area (Å²) in [6.45, 7) is 6.59. The maximum absolute atomic E-state index is 4.43. The summed E-state index contributed by atoms with van der Waals surface area (Å²) < 4.78 is 0. The van der Waals surface area contributed by atoms with E-state index >= 15 is 0 Å². The monoisotopic (exact) mass is 613 g/mol. The van der Waals surface area contributed by atoms with Crippen molar-refractivity contribution in [3.8, 4) is 11.1 Å². The largest absolute Gasteiger partial charge is 0.311 e. The molecule has 0 radical (unpaired) electrons. The Balaban J connectivity index is 1.08. The second-order valence-electron chi connectivity index (χ2n) is 12.4. The molecule has 8 rings (SSSR count). The Hall–Kier alpha value is -6.18. The van der Waals surface area contributed by atoms with E-state index in [2.05, 4.69) is 200 Å². The van der Waals surface area contributed by atoms with Crippen LogP contribution in [0.25, 0.3) is 55.1 Å². The van der Waals surface area contributed by atoms with E-state index in [9.17, 15) is 0 Å². The zero-order chi connectivity index (χ0) is 32.5. The van der Waals surface area contributed by atoms with Crippen molar-refractivity contribution >= 4 is 61.0 Å². The molecule has 0 aliphatic rings. The molecule has 0 heterocycles. The molecule has 1 heteroatoms. The lowest BCUT2D eigenvalue weighted by Gasteiger charge is -2.25. The highest BCUT2D eigenvalue weighted by Gasteiger charge is 2.12. The van der Waals surface area contributed by atoms with Crippen molar-refractivity contribution < 1.29 is 0 Å². The fraction of sp³-hybridized carbons (Fsp3) is 0.0213. The summed E-state index contributed by atoms with van der Waals surface area (Å²) in [6.07, 6.45) is 4.32. The molecular formula is C47H35N. The average molecular weight is 614 g/mol. The molecule has 0 fully saturated rings. The predicted octanol–water partition coefficient (Wildman–Crippen LogP) is 13.3. The van der Waals surface area contributed by atoms with Gasteiger partial charge in [0.25, 0.3) is 0 Å². The first-order valence-electron chi connectivity index (χ1n) is 16.5. The Morgan fingerprint density at radius 3 is 1.73 bits per heavy atom. The van der Waals surface area contributed by atoms with Gasteiger partial charge in [-0.15, -0.1) is 0 Å². The number of benzene rings is 8. The average Bonchev–Trinajstić information content (AvgIpc) is 3.15. The van der Waals surface area contributed by atoms with E-state index in [4.69, 9.17) is 0 Å². The quantitative estimate of drug-likeness (QED) is 0.128. The van der Waals surface area contributed by atoms with Crippen molar-refractivity contribution in [2.75, 3.05) is 4.90 Å². The van der Waals surface area contributed by atoms with Crippen LogP contribution in [0.1, 0.15) is 16.7 Å². The first kappa shape index (κ1) is 29.2. The van der Waals surface area contributed by atoms with E-state index < -0.39 is 0 Å². The second-order valence-corrected chi connectivity index (χ2v) is 12.4. The fourth-order valence-electron chi connectivity index (χ4n) is 6.71. The molecular weight excluding hydrogens is 579 g/mol. The Labute approximate surface area is 282 Å². The van der Waals surface area contributed by atoms with Gasteiger partial charge in [0.1, 0.15) is 0 Å². The molecule has 48 heavy (non-hydrogen) atoms. The molecule has 0 saturated carbocycles. The summed E-state index contributed by atoms with van der Waals surface area (Å²) in [6, 6.07) is 60.9. The number of para-hydroxylation sites is 2. The van der Waals surface area contributed by atoms with Crippen molar-refractivity contribution in [3.63, 3.8) is 0 Å². The van der Waals surface area contributed by atoms with Gasteiger partial charge in [0, 0.05) is 17.1 Å². The molecule has 228 valence electrons. The van der Waals surface area contributed by atoms with Gasteiger partial charge in [0.05, 0.1) is 0 Å². The molecule has 1 nitrogen and oxygen atoms in total. The van der Waals surface area contributed by atoms with Crippen LogP contribution in [-0.4, -0.2) is 0 Å². The van der Waals surface area contributed by atoms with Crippen LogP contribution in [0.4, 0.5) is 17.1 Å². The van der Waals surface area contributed by atoms with Gasteiger partial charge in [0.2, 0.25) is 0 Å². The van der Waals surface area contributed by atoms with E-state index in [-0.39, 0.29) is 0 Å². The van der Waals surface area contributed by atoms with Gasteiger partial charge in [0.15, 0.2) is 0 Å². The van der Waals surface area contributed by atoms with E-state index in [0.717, 1.165) is 28.2 Å². The van der Waals surface area contributed by atoms with Crippen LogP contribution in [-0.2, 0) is 0 Å². The molecule has 8 aromatic rings. The molecule has 0 aliphatic heterocycles. The Morgan fingerprint density at radius 2 is 1.02 bits per heavy atom. The Morgan fingerprint density at radius 1 is 0.479 bits per heavy atom. The van der Waals surface area contributed by atoms with Crippen molar-refractivity contribution in [2.24, 2.45) is 0 Å². The van der Waals surface area contributed by atoms with Gasteiger partial charge >= 0.3 is 0 Å². The molecule has 0 spiro atoms. The standard InChI is InChI=1S/C47H35N/c1-33(35-23-27-43(28-24-35)48(41-12-5-3-6-13-41)42-14-7-4-8-15-42)17-19-38-31-39(20-18-34(38)2)40-22-21-37-26-29-45-44-16-10-9-11-36(44)25-30-46(45)47(37)32-40/h3-32H,1H2,2H3/b19-17-. The molecule has 0 atom stereocenters. The number of nitrogens with zero attached hydrogens (tertiary/aromatic N) is 1. The summed E-state index contributed by atoms with van der Waals surface area (Å²) in [5.41, 5.74) is 10.3. The topological polar surface area (TPSA) is 3.24 Å². The molecule has 0 N–H and O–H groups in total. The first-order valence-corrected chi connectivity index (χ1v) is 16.5.